The number of anilines is 2. The van der Waals surface area contributed by atoms with Crippen molar-refractivity contribution < 1.29 is 18.5 Å². The zero-order valence-corrected chi connectivity index (χ0v) is 12.8. The molecular formula is C15H19F2N3O3. The molecular weight excluding hydrogens is 308 g/mol. The highest BCUT2D eigenvalue weighted by Crippen LogP contribution is 2.36. The minimum absolute atomic E-state index is 0.0734. The van der Waals surface area contributed by atoms with E-state index in [-0.39, 0.29) is 30.4 Å². The molecule has 1 amide bonds. The number of carbonyl (C=O) groups is 1. The number of hydrogen-bond donors (Lipinski definition) is 2. The molecule has 0 unspecified atom stereocenters. The van der Waals surface area contributed by atoms with Crippen LogP contribution in [-0.4, -0.2) is 23.3 Å². The molecule has 2 rings (SSSR count). The van der Waals surface area contributed by atoms with E-state index in [1.165, 1.54) is 19.1 Å². The van der Waals surface area contributed by atoms with Crippen LogP contribution < -0.4 is 10.6 Å². The van der Waals surface area contributed by atoms with Crippen LogP contribution in [0.4, 0.5) is 25.8 Å². The molecule has 126 valence electrons. The maximum absolute atomic E-state index is 13.1. The average molecular weight is 327 g/mol. The second kappa shape index (κ2) is 6.89. The van der Waals surface area contributed by atoms with E-state index in [0.29, 0.717) is 30.8 Å². The zero-order valence-electron chi connectivity index (χ0n) is 12.8. The molecule has 1 aromatic carbocycles. The Morgan fingerprint density at radius 3 is 2.61 bits per heavy atom. The third kappa shape index (κ3) is 4.87. The van der Waals surface area contributed by atoms with Gasteiger partial charge in [-0.1, -0.05) is 0 Å². The lowest BCUT2D eigenvalue weighted by Crippen LogP contribution is -2.28. The highest BCUT2D eigenvalue weighted by molar-refractivity contribution is 5.89. The number of nitrogens with zero attached hydrogens (tertiary/aromatic N) is 1. The summed E-state index contributed by atoms with van der Waals surface area (Å²) in [6.07, 6.45) is 0.529. The van der Waals surface area contributed by atoms with Crippen LogP contribution in [0.2, 0.25) is 0 Å². The van der Waals surface area contributed by atoms with Crippen LogP contribution in [0.15, 0.2) is 18.2 Å². The molecule has 8 heteroatoms. The Morgan fingerprint density at radius 2 is 2.04 bits per heavy atom. The summed E-state index contributed by atoms with van der Waals surface area (Å²) < 4.78 is 26.2. The zero-order chi connectivity index (χ0) is 17.0. The largest absolute Gasteiger partial charge is 0.379 e. The first-order chi connectivity index (χ1) is 10.8. The summed E-state index contributed by atoms with van der Waals surface area (Å²) in [6, 6.07) is 4.35. The first-order valence-electron chi connectivity index (χ1n) is 7.44. The number of halogens is 2. The number of benzene rings is 1. The van der Waals surface area contributed by atoms with Gasteiger partial charge in [-0.05, 0) is 30.9 Å². The second-order valence-corrected chi connectivity index (χ2v) is 5.85. The van der Waals surface area contributed by atoms with Gasteiger partial charge >= 0.3 is 0 Å². The molecule has 2 N–H and O–H groups in total. The number of carbonyl (C=O) groups excluding carboxylic acids is 1. The van der Waals surface area contributed by atoms with Gasteiger partial charge in [0.1, 0.15) is 5.69 Å². The molecule has 0 heterocycles. The lowest BCUT2D eigenvalue weighted by Gasteiger charge is -2.28. The van der Waals surface area contributed by atoms with E-state index >= 15 is 0 Å². The van der Waals surface area contributed by atoms with Crippen LogP contribution in [0.5, 0.6) is 0 Å². The number of rotatable bonds is 5. The van der Waals surface area contributed by atoms with E-state index in [9.17, 15) is 23.7 Å². The lowest BCUT2D eigenvalue weighted by atomic mass is 9.87. The van der Waals surface area contributed by atoms with Crippen molar-refractivity contribution in [3.8, 4) is 0 Å². The maximum Gasteiger partial charge on any atom is 0.294 e. The van der Waals surface area contributed by atoms with Crippen molar-refractivity contribution in [2.45, 2.75) is 38.5 Å². The monoisotopic (exact) mass is 327 g/mol. The Kier molecular flexibility index (Phi) is 5.12. The van der Waals surface area contributed by atoms with E-state index in [0.717, 1.165) is 0 Å². The molecule has 1 fully saturated rings. The normalized spacial score (nSPS) is 17.5. The van der Waals surface area contributed by atoms with E-state index in [4.69, 9.17) is 0 Å². The topological polar surface area (TPSA) is 84.3 Å². The summed E-state index contributed by atoms with van der Waals surface area (Å²) in [4.78, 5) is 21.6. The number of hydrogen-bond acceptors (Lipinski definition) is 4. The maximum atomic E-state index is 13.1. The van der Waals surface area contributed by atoms with Gasteiger partial charge < -0.3 is 10.6 Å². The van der Waals surface area contributed by atoms with Gasteiger partial charge in [-0.15, -0.1) is 0 Å². The fraction of sp³-hybridized carbons (Fsp3) is 0.533. The Labute approximate surface area is 132 Å². The molecule has 1 aromatic rings. The molecule has 1 aliphatic carbocycles. The smallest absolute Gasteiger partial charge is 0.294 e. The van der Waals surface area contributed by atoms with Crippen molar-refractivity contribution in [3.05, 3.63) is 28.3 Å². The summed E-state index contributed by atoms with van der Waals surface area (Å²) in [6.45, 7) is 1.73. The predicted octanol–water partition coefficient (Wildman–Crippen LogP) is 3.79. The van der Waals surface area contributed by atoms with Crippen molar-refractivity contribution in [2.24, 2.45) is 5.92 Å². The lowest BCUT2D eigenvalue weighted by molar-refractivity contribution is -0.383. The Balaban J connectivity index is 2.02. The molecule has 6 nitrogen and oxygen atoms in total. The van der Waals surface area contributed by atoms with Gasteiger partial charge in [0.2, 0.25) is 11.8 Å². The van der Waals surface area contributed by atoms with E-state index in [1.807, 2.05) is 0 Å². The predicted molar refractivity (Wildman–Crippen MR) is 82.8 cm³/mol. The number of alkyl halides is 2. The van der Waals surface area contributed by atoms with Gasteiger partial charge in [0, 0.05) is 38.1 Å². The average Bonchev–Trinajstić information content (AvgIpc) is 2.46. The van der Waals surface area contributed by atoms with Crippen LogP contribution >= 0.6 is 0 Å². The van der Waals surface area contributed by atoms with Crippen molar-refractivity contribution in [3.63, 3.8) is 0 Å². The van der Waals surface area contributed by atoms with Crippen molar-refractivity contribution in [2.75, 3.05) is 17.2 Å². The standard InChI is InChI=1S/C15H19F2N3O3/c1-10(21)19-12-2-3-13(14(8-12)20(22)23)18-9-11-4-6-15(16,17)7-5-11/h2-3,8,11,18H,4-7,9H2,1H3,(H,19,21). The molecule has 0 radical (unpaired) electrons. The van der Waals surface area contributed by atoms with Crippen molar-refractivity contribution in [1.82, 2.24) is 0 Å². The van der Waals surface area contributed by atoms with Crippen LogP contribution in [0, 0.1) is 16.0 Å². The summed E-state index contributed by atoms with van der Waals surface area (Å²) in [5.74, 6) is -2.82. The first kappa shape index (κ1) is 17.1. The molecule has 0 saturated heterocycles. The molecule has 0 atom stereocenters. The molecule has 0 spiro atoms. The quantitative estimate of drug-likeness (QED) is 0.636. The summed E-state index contributed by atoms with van der Waals surface area (Å²) in [7, 11) is 0. The van der Waals surface area contributed by atoms with Crippen molar-refractivity contribution in [1.29, 1.82) is 0 Å². The molecule has 0 aliphatic heterocycles. The van der Waals surface area contributed by atoms with Gasteiger partial charge in [0.25, 0.3) is 5.69 Å². The fourth-order valence-corrected chi connectivity index (χ4v) is 2.67. The minimum atomic E-state index is -2.58. The van der Waals surface area contributed by atoms with Crippen LogP contribution in [0.25, 0.3) is 0 Å². The Morgan fingerprint density at radius 1 is 1.39 bits per heavy atom. The minimum Gasteiger partial charge on any atom is -0.379 e. The highest BCUT2D eigenvalue weighted by Gasteiger charge is 2.34. The molecule has 0 bridgehead atoms. The third-order valence-electron chi connectivity index (χ3n) is 3.93. The first-order valence-corrected chi connectivity index (χ1v) is 7.44. The number of nitro benzene ring substituents is 1. The summed E-state index contributed by atoms with van der Waals surface area (Å²) >= 11 is 0. The third-order valence-corrected chi connectivity index (χ3v) is 3.93. The van der Waals surface area contributed by atoms with Gasteiger partial charge in [0.15, 0.2) is 0 Å². The fourth-order valence-electron chi connectivity index (χ4n) is 2.67. The van der Waals surface area contributed by atoms with Crippen LogP contribution in [0.1, 0.15) is 32.6 Å². The Hall–Kier alpha value is -2.25. The SMILES string of the molecule is CC(=O)Nc1ccc(NCC2CCC(F)(F)CC2)c([N+](=O)[O-])c1. The molecule has 23 heavy (non-hydrogen) atoms. The summed E-state index contributed by atoms with van der Waals surface area (Å²) in [5.41, 5.74) is 0.505. The van der Waals surface area contributed by atoms with Gasteiger partial charge in [0.05, 0.1) is 4.92 Å². The highest BCUT2D eigenvalue weighted by atomic mass is 19.3. The number of amides is 1. The van der Waals surface area contributed by atoms with E-state index in [1.54, 1.807) is 6.07 Å². The van der Waals surface area contributed by atoms with Crippen LogP contribution in [-0.2, 0) is 4.79 Å². The second-order valence-electron chi connectivity index (χ2n) is 5.85. The summed E-state index contributed by atoms with van der Waals surface area (Å²) in [5, 5.41) is 16.6. The van der Waals surface area contributed by atoms with Gasteiger partial charge in [-0.2, -0.15) is 0 Å². The van der Waals surface area contributed by atoms with Gasteiger partial charge in [-0.25, -0.2) is 8.78 Å². The number of nitro groups is 1. The molecule has 1 saturated carbocycles. The molecule has 1 aliphatic rings. The molecule has 0 aromatic heterocycles. The van der Waals surface area contributed by atoms with Crippen molar-refractivity contribution >= 4 is 23.0 Å². The Bertz CT molecular complexity index is 598. The van der Waals surface area contributed by atoms with Gasteiger partial charge in [-0.3, -0.25) is 14.9 Å². The number of nitrogens with one attached hydrogen (secondary N) is 2. The van der Waals surface area contributed by atoms with E-state index < -0.39 is 10.8 Å². The van der Waals surface area contributed by atoms with E-state index in [2.05, 4.69) is 10.6 Å². The van der Waals surface area contributed by atoms with Crippen LogP contribution in [0.3, 0.4) is 0 Å².